The lowest BCUT2D eigenvalue weighted by atomic mass is 9.68. The third-order valence-corrected chi connectivity index (χ3v) is 5.77. The van der Waals surface area contributed by atoms with Crippen LogP contribution in [0.4, 0.5) is 0 Å². The first-order valence-electron chi connectivity index (χ1n) is 6.89. The molecule has 2 aliphatic carbocycles. The third-order valence-electron chi connectivity index (χ3n) is 5.34. The average molecular weight is 326 g/mol. The van der Waals surface area contributed by atoms with Gasteiger partial charge in [0.15, 0.2) is 10.4 Å². The van der Waals surface area contributed by atoms with E-state index in [1.165, 1.54) is 19.3 Å². The van der Waals surface area contributed by atoms with Crippen molar-refractivity contribution in [1.29, 1.82) is 0 Å². The average Bonchev–Trinajstić information content (AvgIpc) is 2.96. The molecule has 2 bridgehead atoms. The lowest BCUT2D eigenvalue weighted by molar-refractivity contribution is 0.0712. The minimum Gasteiger partial charge on any atom is -0.444 e. The normalized spacial score (nSPS) is 35.6. The Morgan fingerprint density at radius 2 is 2.16 bits per heavy atom. The lowest BCUT2D eigenvalue weighted by Crippen LogP contribution is -2.52. The molecular weight excluding hydrogens is 306 g/mol. The molecular formula is C15H20BrNO2. The molecule has 0 aromatic carbocycles. The van der Waals surface area contributed by atoms with Crippen LogP contribution in [-0.2, 0) is 0 Å². The van der Waals surface area contributed by atoms with Crippen LogP contribution in [0.2, 0.25) is 0 Å². The summed E-state index contributed by atoms with van der Waals surface area (Å²) in [6, 6.07) is 3.69. The summed E-state index contributed by atoms with van der Waals surface area (Å²) in [5.41, 5.74) is 0.417. The molecule has 1 heterocycles. The first-order chi connectivity index (χ1) is 8.83. The van der Waals surface area contributed by atoms with Crippen molar-refractivity contribution >= 4 is 21.8 Å². The van der Waals surface area contributed by atoms with Gasteiger partial charge < -0.3 is 9.73 Å². The molecule has 3 atom stereocenters. The Morgan fingerprint density at radius 3 is 2.68 bits per heavy atom. The SMILES string of the molecule is CC12CCC(C1)C(C)(C)C2NC(=O)c1ccc(Br)o1. The van der Waals surface area contributed by atoms with Crippen LogP contribution in [0.1, 0.15) is 50.6 Å². The highest BCUT2D eigenvalue weighted by Crippen LogP contribution is 2.62. The molecule has 2 aliphatic rings. The molecule has 19 heavy (non-hydrogen) atoms. The summed E-state index contributed by atoms with van der Waals surface area (Å²) in [4.78, 5) is 12.3. The van der Waals surface area contributed by atoms with Crippen LogP contribution in [0.5, 0.6) is 0 Å². The fourth-order valence-electron chi connectivity index (χ4n) is 4.30. The molecule has 1 aromatic rings. The molecule has 4 heteroatoms. The lowest BCUT2D eigenvalue weighted by Gasteiger charge is -2.42. The highest BCUT2D eigenvalue weighted by Gasteiger charge is 2.59. The van der Waals surface area contributed by atoms with Gasteiger partial charge in [-0.1, -0.05) is 20.8 Å². The van der Waals surface area contributed by atoms with E-state index >= 15 is 0 Å². The third kappa shape index (κ3) is 1.95. The number of carbonyl (C=O) groups excluding carboxylic acids is 1. The fraction of sp³-hybridized carbons (Fsp3) is 0.667. The van der Waals surface area contributed by atoms with E-state index in [9.17, 15) is 4.79 Å². The highest BCUT2D eigenvalue weighted by molar-refractivity contribution is 9.10. The van der Waals surface area contributed by atoms with Gasteiger partial charge in [-0.15, -0.1) is 0 Å². The number of amides is 1. The maximum Gasteiger partial charge on any atom is 0.287 e. The van der Waals surface area contributed by atoms with E-state index in [0.29, 0.717) is 10.4 Å². The van der Waals surface area contributed by atoms with Crippen LogP contribution in [0.25, 0.3) is 0 Å². The van der Waals surface area contributed by atoms with E-state index in [2.05, 4.69) is 42.0 Å². The second-order valence-electron chi connectivity index (χ2n) is 6.93. The largest absolute Gasteiger partial charge is 0.444 e. The Bertz CT molecular complexity index is 517. The van der Waals surface area contributed by atoms with Crippen molar-refractivity contribution in [2.45, 2.75) is 46.1 Å². The van der Waals surface area contributed by atoms with Gasteiger partial charge in [-0.25, -0.2) is 0 Å². The zero-order valence-corrected chi connectivity index (χ0v) is 13.2. The number of nitrogens with one attached hydrogen (secondary N) is 1. The predicted molar refractivity (Wildman–Crippen MR) is 76.9 cm³/mol. The van der Waals surface area contributed by atoms with Crippen molar-refractivity contribution < 1.29 is 9.21 Å². The van der Waals surface area contributed by atoms with Gasteiger partial charge in [0.05, 0.1) is 0 Å². The molecule has 1 N–H and O–H groups in total. The smallest absolute Gasteiger partial charge is 0.287 e. The minimum atomic E-state index is -0.0995. The van der Waals surface area contributed by atoms with Gasteiger partial charge in [-0.3, -0.25) is 4.79 Å². The molecule has 3 nitrogen and oxygen atoms in total. The van der Waals surface area contributed by atoms with Crippen molar-refractivity contribution in [3.63, 3.8) is 0 Å². The Labute approximate surface area is 122 Å². The number of fused-ring (bicyclic) bond motifs is 2. The van der Waals surface area contributed by atoms with Crippen LogP contribution in [0.3, 0.4) is 0 Å². The van der Waals surface area contributed by atoms with Gasteiger partial charge in [0.2, 0.25) is 0 Å². The number of hydrogen-bond acceptors (Lipinski definition) is 2. The van der Waals surface area contributed by atoms with Crippen molar-refractivity contribution in [3.05, 3.63) is 22.6 Å². The van der Waals surface area contributed by atoms with E-state index in [0.717, 1.165) is 5.92 Å². The van der Waals surface area contributed by atoms with E-state index in [1.807, 2.05) is 0 Å². The maximum atomic E-state index is 12.3. The van der Waals surface area contributed by atoms with E-state index < -0.39 is 0 Å². The summed E-state index contributed by atoms with van der Waals surface area (Å²) in [6.45, 7) is 6.88. The Balaban J connectivity index is 1.81. The van der Waals surface area contributed by atoms with Crippen LogP contribution in [0.15, 0.2) is 21.2 Å². The van der Waals surface area contributed by atoms with Crippen molar-refractivity contribution in [1.82, 2.24) is 5.32 Å². The number of carbonyl (C=O) groups is 1. The predicted octanol–water partition coefficient (Wildman–Crippen LogP) is 3.99. The zero-order valence-electron chi connectivity index (χ0n) is 11.6. The Kier molecular flexibility index (Phi) is 2.86. The molecule has 0 radical (unpaired) electrons. The second-order valence-corrected chi connectivity index (χ2v) is 7.71. The Hall–Kier alpha value is -0.770. The molecule has 1 amide bonds. The van der Waals surface area contributed by atoms with Gasteiger partial charge in [-0.2, -0.15) is 0 Å². The molecule has 2 saturated carbocycles. The van der Waals surface area contributed by atoms with Crippen LogP contribution < -0.4 is 5.32 Å². The Morgan fingerprint density at radius 1 is 1.42 bits per heavy atom. The standard InChI is InChI=1S/C15H20BrNO2/c1-14(2)9-6-7-15(3,8-9)13(14)17-12(18)10-4-5-11(16)19-10/h4-5,9,13H,6-8H2,1-3H3,(H,17,18). The van der Waals surface area contributed by atoms with Gasteiger partial charge in [0, 0.05) is 6.04 Å². The van der Waals surface area contributed by atoms with Crippen molar-refractivity contribution in [2.75, 3.05) is 0 Å². The quantitative estimate of drug-likeness (QED) is 0.893. The molecule has 0 spiro atoms. The first-order valence-corrected chi connectivity index (χ1v) is 7.68. The molecule has 0 aliphatic heterocycles. The summed E-state index contributed by atoms with van der Waals surface area (Å²) in [5.74, 6) is 1.01. The van der Waals surface area contributed by atoms with Crippen LogP contribution in [0, 0.1) is 16.7 Å². The topological polar surface area (TPSA) is 42.2 Å². The number of furan rings is 1. The van der Waals surface area contributed by atoms with E-state index in [-0.39, 0.29) is 22.8 Å². The number of rotatable bonds is 2. The van der Waals surface area contributed by atoms with Crippen molar-refractivity contribution in [3.8, 4) is 0 Å². The summed E-state index contributed by atoms with van der Waals surface area (Å²) in [6.07, 6.45) is 3.74. The van der Waals surface area contributed by atoms with E-state index in [1.54, 1.807) is 12.1 Å². The molecule has 3 rings (SSSR count). The van der Waals surface area contributed by atoms with Crippen LogP contribution in [-0.4, -0.2) is 11.9 Å². The van der Waals surface area contributed by atoms with Gasteiger partial charge in [0.25, 0.3) is 5.91 Å². The van der Waals surface area contributed by atoms with Gasteiger partial charge >= 0.3 is 0 Å². The number of halogens is 1. The first kappa shape index (κ1) is 13.2. The monoisotopic (exact) mass is 325 g/mol. The summed E-state index contributed by atoms with van der Waals surface area (Å²) >= 11 is 3.23. The van der Waals surface area contributed by atoms with Gasteiger partial charge in [0.1, 0.15) is 0 Å². The molecule has 104 valence electrons. The minimum absolute atomic E-state index is 0.0995. The molecule has 3 unspecified atom stereocenters. The second kappa shape index (κ2) is 4.11. The summed E-state index contributed by atoms with van der Waals surface area (Å²) in [7, 11) is 0. The molecule has 2 fully saturated rings. The summed E-state index contributed by atoms with van der Waals surface area (Å²) < 4.78 is 5.93. The van der Waals surface area contributed by atoms with Gasteiger partial charge in [-0.05, 0) is 64.1 Å². The van der Waals surface area contributed by atoms with Crippen molar-refractivity contribution in [2.24, 2.45) is 16.7 Å². The fourth-order valence-corrected chi connectivity index (χ4v) is 4.61. The molecule has 1 aromatic heterocycles. The van der Waals surface area contributed by atoms with E-state index in [4.69, 9.17) is 4.42 Å². The number of hydrogen-bond donors (Lipinski definition) is 1. The molecule has 0 saturated heterocycles. The maximum absolute atomic E-state index is 12.3. The summed E-state index contributed by atoms with van der Waals surface area (Å²) in [5, 5.41) is 3.22. The van der Waals surface area contributed by atoms with Crippen LogP contribution >= 0.6 is 15.9 Å². The zero-order chi connectivity index (χ0) is 13.8. The highest BCUT2D eigenvalue weighted by atomic mass is 79.9.